The van der Waals surface area contributed by atoms with E-state index in [4.69, 9.17) is 16.7 Å². The van der Waals surface area contributed by atoms with Gasteiger partial charge in [0.2, 0.25) is 10.0 Å². The second kappa shape index (κ2) is 9.15. The quantitative estimate of drug-likeness (QED) is 0.716. The van der Waals surface area contributed by atoms with Crippen LogP contribution in [-0.2, 0) is 10.0 Å². The molecule has 0 bridgehead atoms. The van der Waals surface area contributed by atoms with Gasteiger partial charge in [-0.1, -0.05) is 43.1 Å². The molecule has 0 saturated carbocycles. The van der Waals surface area contributed by atoms with Crippen molar-refractivity contribution < 1.29 is 13.5 Å². The summed E-state index contributed by atoms with van der Waals surface area (Å²) in [6.07, 6.45) is 1.86. The van der Waals surface area contributed by atoms with Crippen LogP contribution in [0.2, 0.25) is 5.02 Å². The van der Waals surface area contributed by atoms with E-state index in [0.29, 0.717) is 29.0 Å². The molecule has 0 heterocycles. The molecule has 0 aliphatic heterocycles. The monoisotopic (exact) mass is 392 g/mol. The Morgan fingerprint density at radius 3 is 2.46 bits per heavy atom. The Balaban J connectivity index is 2.27. The van der Waals surface area contributed by atoms with E-state index in [2.05, 4.69) is 10.8 Å². The predicted molar refractivity (Wildman–Crippen MR) is 102 cm³/mol. The lowest BCUT2D eigenvalue weighted by Gasteiger charge is -2.17. The molecule has 0 unspecified atom stereocenters. The van der Waals surface area contributed by atoms with Crippen LogP contribution in [-0.4, -0.2) is 26.2 Å². The second-order valence-corrected chi connectivity index (χ2v) is 8.10. The number of sulfonamides is 1. The molecule has 0 saturated heterocycles. The highest BCUT2D eigenvalue weighted by Crippen LogP contribution is 2.27. The fraction of sp³-hybridized carbons (Fsp3) is 0.316. The number of benzene rings is 2. The number of aliphatic hydroxyl groups excluding tert-OH is 1. The van der Waals surface area contributed by atoms with Crippen molar-refractivity contribution in [2.75, 3.05) is 6.61 Å². The van der Waals surface area contributed by atoms with Gasteiger partial charge in [0.25, 0.3) is 0 Å². The molecule has 0 amide bonds. The molecule has 0 aliphatic carbocycles. The lowest BCUT2D eigenvalue weighted by atomic mass is 10.0. The van der Waals surface area contributed by atoms with Crippen molar-refractivity contribution in [3.8, 4) is 17.2 Å². The molecule has 0 fully saturated rings. The Morgan fingerprint density at radius 1 is 1.19 bits per heavy atom. The van der Waals surface area contributed by atoms with Crippen LogP contribution in [0.15, 0.2) is 47.4 Å². The first-order valence-corrected chi connectivity index (χ1v) is 10.2. The Morgan fingerprint density at radius 2 is 1.88 bits per heavy atom. The fourth-order valence-corrected chi connectivity index (χ4v) is 4.21. The lowest BCUT2D eigenvalue weighted by Crippen LogP contribution is -2.35. The minimum atomic E-state index is -3.67. The number of hydrogen-bond acceptors (Lipinski definition) is 4. The maximum Gasteiger partial charge on any atom is 0.240 e. The van der Waals surface area contributed by atoms with E-state index in [0.717, 1.165) is 12.0 Å². The van der Waals surface area contributed by atoms with Gasteiger partial charge in [-0.05, 0) is 48.2 Å². The molecular formula is C19H21ClN2O3S. The average Bonchev–Trinajstić information content (AvgIpc) is 2.62. The van der Waals surface area contributed by atoms with E-state index in [1.165, 1.54) is 12.1 Å². The van der Waals surface area contributed by atoms with Crippen LogP contribution in [0.5, 0.6) is 0 Å². The van der Waals surface area contributed by atoms with E-state index in [-0.39, 0.29) is 17.5 Å². The van der Waals surface area contributed by atoms with Gasteiger partial charge in [0.15, 0.2) is 0 Å². The van der Waals surface area contributed by atoms with Gasteiger partial charge in [0, 0.05) is 17.7 Å². The summed E-state index contributed by atoms with van der Waals surface area (Å²) < 4.78 is 27.7. The first-order valence-electron chi connectivity index (χ1n) is 8.34. The maximum absolute atomic E-state index is 12.5. The normalized spacial score (nSPS) is 12.5. The molecule has 0 aromatic heterocycles. The summed E-state index contributed by atoms with van der Waals surface area (Å²) in [5.74, 6) is 0. The summed E-state index contributed by atoms with van der Waals surface area (Å²) in [5, 5.41) is 18.8. The molecule has 0 radical (unpaired) electrons. The number of nitrogens with zero attached hydrogens (tertiary/aromatic N) is 1. The van der Waals surface area contributed by atoms with Crippen molar-refractivity contribution in [1.82, 2.24) is 4.72 Å². The summed E-state index contributed by atoms with van der Waals surface area (Å²) >= 11 is 5.91. The molecule has 0 aliphatic rings. The van der Waals surface area contributed by atoms with Crippen LogP contribution in [0.25, 0.3) is 11.1 Å². The van der Waals surface area contributed by atoms with E-state index < -0.39 is 10.0 Å². The molecular weight excluding hydrogens is 372 g/mol. The minimum Gasteiger partial charge on any atom is -0.396 e. The van der Waals surface area contributed by atoms with Gasteiger partial charge < -0.3 is 5.11 Å². The van der Waals surface area contributed by atoms with Gasteiger partial charge in [-0.25, -0.2) is 13.1 Å². The summed E-state index contributed by atoms with van der Waals surface area (Å²) in [4.78, 5) is 0.146. The Kier molecular flexibility index (Phi) is 7.18. The molecule has 2 aromatic rings. The van der Waals surface area contributed by atoms with Gasteiger partial charge in [-0.2, -0.15) is 5.26 Å². The number of nitriles is 1. The van der Waals surface area contributed by atoms with Gasteiger partial charge >= 0.3 is 0 Å². The second-order valence-electron chi connectivity index (χ2n) is 5.95. The van der Waals surface area contributed by atoms with E-state index in [1.54, 1.807) is 30.3 Å². The summed E-state index contributed by atoms with van der Waals surface area (Å²) in [6, 6.07) is 13.2. The topological polar surface area (TPSA) is 90.2 Å². The summed E-state index contributed by atoms with van der Waals surface area (Å²) in [5.41, 5.74) is 1.85. The number of aliphatic hydroxyl groups is 1. The van der Waals surface area contributed by atoms with Crippen LogP contribution < -0.4 is 4.72 Å². The number of nitrogens with one attached hydrogen (secondary N) is 1. The van der Waals surface area contributed by atoms with Gasteiger partial charge in [-0.3, -0.25) is 0 Å². The molecule has 7 heteroatoms. The van der Waals surface area contributed by atoms with Crippen LogP contribution in [0.4, 0.5) is 0 Å². The van der Waals surface area contributed by atoms with Crippen molar-refractivity contribution in [1.29, 1.82) is 5.26 Å². The third-order valence-electron chi connectivity index (χ3n) is 4.01. The van der Waals surface area contributed by atoms with Gasteiger partial charge in [-0.15, -0.1) is 0 Å². The van der Waals surface area contributed by atoms with Crippen LogP contribution in [0, 0.1) is 11.3 Å². The summed E-state index contributed by atoms with van der Waals surface area (Å²) in [6.45, 7) is 1.89. The Bertz CT molecular complexity index is 884. The smallest absolute Gasteiger partial charge is 0.240 e. The number of rotatable bonds is 8. The molecule has 0 spiro atoms. The molecule has 2 aromatic carbocycles. The van der Waals surface area contributed by atoms with Crippen molar-refractivity contribution in [2.45, 2.75) is 37.1 Å². The maximum atomic E-state index is 12.5. The van der Waals surface area contributed by atoms with E-state index >= 15 is 0 Å². The van der Waals surface area contributed by atoms with Crippen molar-refractivity contribution in [2.24, 2.45) is 0 Å². The number of hydrogen-bond donors (Lipinski definition) is 2. The lowest BCUT2D eigenvalue weighted by molar-refractivity contribution is 0.268. The highest BCUT2D eigenvalue weighted by Gasteiger charge is 2.19. The van der Waals surface area contributed by atoms with Crippen molar-refractivity contribution in [3.05, 3.63) is 53.1 Å². The first kappa shape index (κ1) is 20.4. The molecule has 5 nitrogen and oxygen atoms in total. The molecule has 2 rings (SSSR count). The third kappa shape index (κ3) is 5.05. The van der Waals surface area contributed by atoms with Crippen LogP contribution >= 0.6 is 11.6 Å². The zero-order valence-corrected chi connectivity index (χ0v) is 16.0. The van der Waals surface area contributed by atoms with Gasteiger partial charge in [0.05, 0.1) is 16.5 Å². The largest absolute Gasteiger partial charge is 0.396 e. The average molecular weight is 393 g/mol. The first-order chi connectivity index (χ1) is 12.4. The highest BCUT2D eigenvalue weighted by atomic mass is 35.5. The molecule has 2 N–H and O–H groups in total. The van der Waals surface area contributed by atoms with E-state index in [1.807, 2.05) is 6.92 Å². The Hall–Kier alpha value is -1.91. The standard InChI is InChI=1S/C19H21ClN2O3S/c1-2-3-17(10-11-23)22-26(24,25)18-7-4-14(5-8-18)19-9-6-16(20)12-15(19)13-21/h4-9,12,17,22-23H,2-3,10-11H2,1H3/t17-/m1/s1. The zero-order chi connectivity index (χ0) is 19.2. The van der Waals surface area contributed by atoms with E-state index in [9.17, 15) is 13.7 Å². The number of halogens is 1. The van der Waals surface area contributed by atoms with Crippen LogP contribution in [0.1, 0.15) is 31.7 Å². The van der Waals surface area contributed by atoms with Crippen molar-refractivity contribution >= 4 is 21.6 Å². The zero-order valence-electron chi connectivity index (χ0n) is 14.4. The summed E-state index contributed by atoms with van der Waals surface area (Å²) in [7, 11) is -3.67. The molecule has 1 atom stereocenters. The predicted octanol–water partition coefficient (Wildman–Crippen LogP) is 3.71. The van der Waals surface area contributed by atoms with Crippen molar-refractivity contribution in [3.63, 3.8) is 0 Å². The fourth-order valence-electron chi connectivity index (χ4n) is 2.73. The highest BCUT2D eigenvalue weighted by molar-refractivity contribution is 7.89. The minimum absolute atomic E-state index is 0.0698. The third-order valence-corrected chi connectivity index (χ3v) is 5.79. The Labute approximate surface area is 159 Å². The van der Waals surface area contributed by atoms with Gasteiger partial charge in [0.1, 0.15) is 0 Å². The molecule has 26 heavy (non-hydrogen) atoms. The SMILES string of the molecule is CCC[C@H](CCO)NS(=O)(=O)c1ccc(-c2ccc(Cl)cc2C#N)cc1. The van der Waals surface area contributed by atoms with Crippen LogP contribution in [0.3, 0.4) is 0 Å². The molecule has 138 valence electrons.